The summed E-state index contributed by atoms with van der Waals surface area (Å²) in [7, 11) is 0. The molecule has 96 valence electrons. The third-order valence-corrected chi connectivity index (χ3v) is 2.48. The summed E-state index contributed by atoms with van der Waals surface area (Å²) in [5.74, 6) is 0. The van der Waals surface area contributed by atoms with Gasteiger partial charge in [0.15, 0.2) is 0 Å². The normalized spacial score (nSPS) is 23.6. The summed E-state index contributed by atoms with van der Waals surface area (Å²) in [5.41, 5.74) is 0. The van der Waals surface area contributed by atoms with Crippen LogP contribution in [0.25, 0.3) is 0 Å². The van der Waals surface area contributed by atoms with Gasteiger partial charge in [0.05, 0.1) is 0 Å². The summed E-state index contributed by atoms with van der Waals surface area (Å²) in [6.45, 7) is 4.83. The lowest BCUT2D eigenvalue weighted by Crippen LogP contribution is -2.49. The Morgan fingerprint density at radius 1 is 1.44 bits per heavy atom. The number of nitrogens with zero attached hydrogens (tertiary/aromatic N) is 1. The second-order valence-corrected chi connectivity index (χ2v) is 4.18. The van der Waals surface area contributed by atoms with Crippen molar-refractivity contribution in [2.24, 2.45) is 0 Å². The molecule has 1 N–H and O–H groups in total. The van der Waals surface area contributed by atoms with E-state index in [1.165, 1.54) is 0 Å². The molecule has 0 saturated carbocycles. The average Bonchev–Trinajstić information content (AvgIpc) is 2.15. The predicted octanol–water partition coefficient (Wildman–Crippen LogP) is 1.25. The molecule has 0 aromatic rings. The van der Waals surface area contributed by atoms with Gasteiger partial charge in [0.1, 0.15) is 6.61 Å². The van der Waals surface area contributed by atoms with E-state index in [4.69, 9.17) is 0 Å². The van der Waals surface area contributed by atoms with E-state index in [0.717, 1.165) is 26.2 Å². The fourth-order valence-electron chi connectivity index (χ4n) is 1.79. The molecule has 6 heteroatoms. The van der Waals surface area contributed by atoms with Crippen molar-refractivity contribution in [2.75, 3.05) is 39.4 Å². The standard InChI is InChI=1S/C10H19F3N2O/c1-9-7-15(5-3-14-9)4-2-6-16-8-10(11,12)13/h9,14H,2-8H2,1H3. The third kappa shape index (κ3) is 6.30. The molecule has 1 unspecified atom stereocenters. The molecule has 0 aromatic heterocycles. The zero-order valence-electron chi connectivity index (χ0n) is 9.52. The van der Waals surface area contributed by atoms with Crippen molar-refractivity contribution in [1.29, 1.82) is 0 Å². The monoisotopic (exact) mass is 240 g/mol. The highest BCUT2D eigenvalue weighted by Crippen LogP contribution is 2.14. The van der Waals surface area contributed by atoms with Gasteiger partial charge < -0.3 is 15.0 Å². The minimum atomic E-state index is -4.20. The van der Waals surface area contributed by atoms with Gasteiger partial charge in [-0.25, -0.2) is 0 Å². The quantitative estimate of drug-likeness (QED) is 0.732. The molecule has 3 nitrogen and oxygen atoms in total. The Morgan fingerprint density at radius 2 is 2.19 bits per heavy atom. The number of halogens is 3. The van der Waals surface area contributed by atoms with Gasteiger partial charge in [0, 0.05) is 38.8 Å². The van der Waals surface area contributed by atoms with Crippen LogP contribution in [0.5, 0.6) is 0 Å². The highest BCUT2D eigenvalue weighted by Gasteiger charge is 2.27. The highest BCUT2D eigenvalue weighted by atomic mass is 19.4. The van der Waals surface area contributed by atoms with E-state index in [2.05, 4.69) is 21.9 Å². The number of hydrogen-bond donors (Lipinski definition) is 1. The lowest BCUT2D eigenvalue weighted by molar-refractivity contribution is -0.174. The minimum Gasteiger partial charge on any atom is -0.372 e. The van der Waals surface area contributed by atoms with Crippen molar-refractivity contribution in [3.05, 3.63) is 0 Å². The molecule has 16 heavy (non-hydrogen) atoms. The smallest absolute Gasteiger partial charge is 0.372 e. The summed E-state index contributed by atoms with van der Waals surface area (Å²) >= 11 is 0. The van der Waals surface area contributed by atoms with Crippen molar-refractivity contribution < 1.29 is 17.9 Å². The fourth-order valence-corrected chi connectivity index (χ4v) is 1.79. The lowest BCUT2D eigenvalue weighted by atomic mass is 10.2. The average molecular weight is 240 g/mol. The zero-order chi connectivity index (χ0) is 12.0. The maximum absolute atomic E-state index is 11.7. The second-order valence-electron chi connectivity index (χ2n) is 4.18. The van der Waals surface area contributed by atoms with Gasteiger partial charge in [0.25, 0.3) is 0 Å². The van der Waals surface area contributed by atoms with Crippen LogP contribution in [0.4, 0.5) is 13.2 Å². The van der Waals surface area contributed by atoms with E-state index in [1.54, 1.807) is 0 Å². The molecule has 1 rings (SSSR count). The van der Waals surface area contributed by atoms with Crippen LogP contribution in [0.1, 0.15) is 13.3 Å². The Kier molecular flexibility index (Phi) is 5.51. The number of alkyl halides is 3. The SMILES string of the molecule is CC1CN(CCCOCC(F)(F)F)CCN1. The molecule has 1 atom stereocenters. The Bertz CT molecular complexity index is 199. The summed E-state index contributed by atoms with van der Waals surface area (Å²) in [6, 6.07) is 0.463. The van der Waals surface area contributed by atoms with E-state index in [0.29, 0.717) is 12.5 Å². The van der Waals surface area contributed by atoms with Gasteiger partial charge in [-0.15, -0.1) is 0 Å². The summed E-state index contributed by atoms with van der Waals surface area (Å²) < 4.78 is 39.8. The molecular weight excluding hydrogens is 221 g/mol. The van der Waals surface area contributed by atoms with Crippen LogP contribution in [0.2, 0.25) is 0 Å². The van der Waals surface area contributed by atoms with Crippen molar-refractivity contribution in [1.82, 2.24) is 10.2 Å². The van der Waals surface area contributed by atoms with E-state index < -0.39 is 12.8 Å². The maximum Gasteiger partial charge on any atom is 0.411 e. The van der Waals surface area contributed by atoms with Gasteiger partial charge in [-0.1, -0.05) is 0 Å². The molecular formula is C10H19F3N2O. The van der Waals surface area contributed by atoms with E-state index >= 15 is 0 Å². The first kappa shape index (κ1) is 13.7. The minimum absolute atomic E-state index is 0.178. The highest BCUT2D eigenvalue weighted by molar-refractivity contribution is 4.74. The van der Waals surface area contributed by atoms with Crippen LogP contribution >= 0.6 is 0 Å². The summed E-state index contributed by atoms with van der Waals surface area (Å²) in [5, 5.41) is 3.31. The molecule has 1 heterocycles. The van der Waals surface area contributed by atoms with Crippen LogP contribution in [0.3, 0.4) is 0 Å². The van der Waals surface area contributed by atoms with Crippen LogP contribution in [-0.4, -0.2) is 56.5 Å². The molecule has 1 saturated heterocycles. The maximum atomic E-state index is 11.7. The fraction of sp³-hybridized carbons (Fsp3) is 1.00. The Labute approximate surface area is 93.9 Å². The van der Waals surface area contributed by atoms with Gasteiger partial charge in [-0.3, -0.25) is 0 Å². The molecule has 0 amide bonds. The largest absolute Gasteiger partial charge is 0.411 e. The Balaban J connectivity index is 1.98. The Morgan fingerprint density at radius 3 is 2.81 bits per heavy atom. The predicted molar refractivity (Wildman–Crippen MR) is 55.4 cm³/mol. The van der Waals surface area contributed by atoms with Crippen molar-refractivity contribution in [3.8, 4) is 0 Å². The number of rotatable bonds is 5. The van der Waals surface area contributed by atoms with Gasteiger partial charge >= 0.3 is 6.18 Å². The van der Waals surface area contributed by atoms with Crippen LogP contribution in [-0.2, 0) is 4.74 Å². The van der Waals surface area contributed by atoms with Crippen LogP contribution in [0.15, 0.2) is 0 Å². The second kappa shape index (κ2) is 6.42. The number of hydrogen-bond acceptors (Lipinski definition) is 3. The molecule has 0 bridgehead atoms. The van der Waals surface area contributed by atoms with Crippen molar-refractivity contribution in [2.45, 2.75) is 25.6 Å². The topological polar surface area (TPSA) is 24.5 Å². The number of piperazine rings is 1. The van der Waals surface area contributed by atoms with E-state index in [1.807, 2.05) is 0 Å². The molecule has 1 aliphatic heterocycles. The summed E-state index contributed by atoms with van der Waals surface area (Å²) in [4.78, 5) is 2.25. The lowest BCUT2D eigenvalue weighted by Gasteiger charge is -2.31. The van der Waals surface area contributed by atoms with Crippen molar-refractivity contribution in [3.63, 3.8) is 0 Å². The summed E-state index contributed by atoms with van der Waals surface area (Å²) in [6.07, 6.45) is -3.55. The molecule has 0 spiro atoms. The van der Waals surface area contributed by atoms with Gasteiger partial charge in [0.2, 0.25) is 0 Å². The first-order valence-corrected chi connectivity index (χ1v) is 5.57. The van der Waals surface area contributed by atoms with Gasteiger partial charge in [-0.05, 0) is 13.3 Å². The molecule has 0 radical (unpaired) electrons. The number of ether oxygens (including phenoxy) is 1. The van der Waals surface area contributed by atoms with Crippen LogP contribution < -0.4 is 5.32 Å². The van der Waals surface area contributed by atoms with E-state index in [-0.39, 0.29) is 6.61 Å². The van der Waals surface area contributed by atoms with Crippen molar-refractivity contribution >= 4 is 0 Å². The first-order valence-electron chi connectivity index (χ1n) is 5.57. The van der Waals surface area contributed by atoms with Gasteiger partial charge in [-0.2, -0.15) is 13.2 Å². The van der Waals surface area contributed by atoms with E-state index in [9.17, 15) is 13.2 Å². The van der Waals surface area contributed by atoms with Crippen LogP contribution in [0, 0.1) is 0 Å². The third-order valence-electron chi connectivity index (χ3n) is 2.48. The number of nitrogens with one attached hydrogen (secondary N) is 1. The Hall–Kier alpha value is -0.330. The molecule has 0 aliphatic carbocycles. The molecule has 0 aromatic carbocycles. The molecule has 1 aliphatic rings. The zero-order valence-corrected chi connectivity index (χ0v) is 9.52. The first-order chi connectivity index (χ1) is 7.47. The molecule has 1 fully saturated rings.